The van der Waals surface area contributed by atoms with Gasteiger partial charge in [0.15, 0.2) is 34.3 Å². The number of nitrogens with one attached hydrogen (secondary N) is 5. The maximum Gasteiger partial charge on any atom is 0.573 e. The Balaban J connectivity index is 0.000000169. The second-order valence-corrected chi connectivity index (χ2v) is 30.6. The first-order valence-electron chi connectivity index (χ1n) is 40.6. The molecule has 4 aromatic heterocycles. The second-order valence-electron chi connectivity index (χ2n) is 29.8. The molecule has 0 saturated heterocycles. The van der Waals surface area contributed by atoms with Crippen LogP contribution in [0.3, 0.4) is 0 Å². The average Bonchev–Trinajstić information content (AvgIpc) is 1.85. The number of para-hydroxylation sites is 4. The summed E-state index contributed by atoms with van der Waals surface area (Å²) in [6.07, 6.45) is -0.571. The summed E-state index contributed by atoms with van der Waals surface area (Å²) in [6.45, 7) is 0.0129. The molecule has 0 unspecified atom stereocenters. The summed E-state index contributed by atoms with van der Waals surface area (Å²) >= 11 is 11.5. The number of primary amides is 4. The maximum absolute atomic E-state index is 14.3. The van der Waals surface area contributed by atoms with Gasteiger partial charge in [0.25, 0.3) is 23.6 Å². The topological polar surface area (TPSA) is 489 Å². The van der Waals surface area contributed by atoms with Crippen LogP contribution in [-0.4, -0.2) is 194 Å². The zero-order chi connectivity index (χ0) is 94.5. The molecule has 12 amide bonds. The van der Waals surface area contributed by atoms with Crippen LogP contribution in [-0.2, 0) is 77.6 Å². The standard InChI is InChI=1S/C22H23ClFN5O4.C22H23ClFN5O3.C22H20F3N5O4.C22H22FN5O4/c23-16-7-3-5-14(20(16)24)11-26-18(31)12-28(9-4-10-30)19(32)13-29-17-8-2-1-6-15(17)21(27-29)22(25)33;1-2-6-16(22(32)26-11-13-7-5-9-15(23)19(13)24)27-18(30)12-29-17-10-4-3-8-14(17)20(28-29)21(25)31;23-22(24,25)34-15-5-3-4-13(10-15)27-18(31)11-29(14-8-9-14)19(32)12-30-17-7-2-1-6-16(17)20(28-30)21(26)33;1-32-17-8-4-6-15(20(17)23)25-18(29)11-27(13-9-10-13)19(30)12-28-16-7-3-2-5-14(16)21(26-28)22(24)31/h1-3,5-8,30H,4,9-13H2,(H2,25,33)(H,26,31);3-5,7-10,16H,2,6,11-12H2,1H3,(H2,25,31)(H,26,32)(H,27,30);1-7,10,14H,8-9,11-12H2,(H2,26,33)(H,27,31);2-8,13H,9-12H2,1H3,(H2,24,31)(H,25,29)/t;16-;;/m.0../s1. The Hall–Kier alpha value is -15.0. The van der Waals surface area contributed by atoms with Crippen molar-refractivity contribution in [2.75, 3.05) is 50.5 Å². The molecule has 0 spiro atoms. The van der Waals surface area contributed by atoms with Crippen LogP contribution in [0.4, 0.5) is 37.7 Å². The maximum atomic E-state index is 14.3. The van der Waals surface area contributed by atoms with Gasteiger partial charge in [0.1, 0.15) is 62.7 Å². The van der Waals surface area contributed by atoms with Crippen molar-refractivity contribution in [1.82, 2.24) is 69.8 Å². The van der Waals surface area contributed by atoms with Gasteiger partial charge in [-0.25, -0.2) is 13.2 Å². The number of anilines is 2. The van der Waals surface area contributed by atoms with Crippen molar-refractivity contribution in [2.24, 2.45) is 22.9 Å². The van der Waals surface area contributed by atoms with Crippen molar-refractivity contribution in [3.63, 3.8) is 0 Å². The lowest BCUT2D eigenvalue weighted by molar-refractivity contribution is -0.274. The Bertz CT molecular complexity index is 6300. The normalized spacial score (nSPS) is 12.3. The van der Waals surface area contributed by atoms with Crippen LogP contribution >= 0.6 is 23.2 Å². The summed E-state index contributed by atoms with van der Waals surface area (Å²) in [5, 5.41) is 40.7. The molecular weight excluding hydrogens is 1760 g/mol. The lowest BCUT2D eigenvalue weighted by atomic mass is 10.1. The van der Waals surface area contributed by atoms with Gasteiger partial charge in [0.2, 0.25) is 47.3 Å². The number of alkyl halides is 3. The van der Waals surface area contributed by atoms with E-state index in [-0.39, 0.29) is 158 Å². The Morgan fingerprint density at radius 2 is 0.908 bits per heavy atom. The average molecular weight is 1850 g/mol. The predicted octanol–water partition coefficient (Wildman–Crippen LogP) is 8.56. The molecule has 0 aliphatic heterocycles. The molecule has 131 heavy (non-hydrogen) atoms. The number of amides is 12. The molecule has 0 bridgehead atoms. The van der Waals surface area contributed by atoms with Crippen LogP contribution in [0.1, 0.15) is 105 Å². The van der Waals surface area contributed by atoms with Gasteiger partial charge in [-0.2, -0.15) is 20.4 Å². The highest BCUT2D eigenvalue weighted by Crippen LogP contribution is 2.33. The minimum absolute atomic E-state index is 0.00809. The van der Waals surface area contributed by atoms with E-state index in [0.29, 0.717) is 56.5 Å². The molecule has 14 N–H and O–H groups in total. The number of benzene rings is 8. The van der Waals surface area contributed by atoms with Gasteiger partial charge >= 0.3 is 6.36 Å². The fourth-order valence-corrected chi connectivity index (χ4v) is 14.2. The van der Waals surface area contributed by atoms with Crippen LogP contribution in [0, 0.1) is 17.5 Å². The molecule has 2 aliphatic rings. The molecule has 0 radical (unpaired) electrons. The van der Waals surface area contributed by atoms with E-state index in [1.165, 1.54) is 89.1 Å². The number of aromatic nitrogens is 8. The predicted molar refractivity (Wildman–Crippen MR) is 467 cm³/mol. The monoisotopic (exact) mass is 1850 g/mol. The summed E-state index contributed by atoms with van der Waals surface area (Å²) in [4.78, 5) is 153. The van der Waals surface area contributed by atoms with E-state index in [0.717, 1.165) is 37.8 Å². The van der Waals surface area contributed by atoms with Crippen LogP contribution in [0.2, 0.25) is 10.0 Å². The molecule has 43 heteroatoms. The number of aliphatic hydroxyl groups is 1. The minimum Gasteiger partial charge on any atom is -0.494 e. The first-order chi connectivity index (χ1) is 62.6. The highest BCUT2D eigenvalue weighted by Gasteiger charge is 2.37. The lowest BCUT2D eigenvalue weighted by Crippen LogP contribution is -2.47. The van der Waals surface area contributed by atoms with Crippen molar-refractivity contribution in [3.05, 3.63) is 237 Å². The van der Waals surface area contributed by atoms with Crippen LogP contribution in [0.5, 0.6) is 11.5 Å². The number of methoxy groups -OCH3 is 1. The Labute approximate surface area is 751 Å². The zero-order valence-corrected chi connectivity index (χ0v) is 71.6. The number of aliphatic hydroxyl groups excluding tert-OH is 1. The molecule has 1 atom stereocenters. The summed E-state index contributed by atoms with van der Waals surface area (Å²) in [7, 11) is 1.33. The first kappa shape index (κ1) is 96.6. The van der Waals surface area contributed by atoms with Crippen LogP contribution in [0.25, 0.3) is 43.6 Å². The van der Waals surface area contributed by atoms with Gasteiger partial charge in [-0.15, -0.1) is 13.2 Å². The van der Waals surface area contributed by atoms with Crippen molar-refractivity contribution >= 4 is 149 Å². The number of carbonyl (C=O) groups is 12. The third kappa shape index (κ3) is 25.7. The molecular formula is C88H88Cl2F6N20O15. The van der Waals surface area contributed by atoms with Crippen molar-refractivity contribution < 1.29 is 98.5 Å². The number of carbonyl (C=O) groups excluding carboxylic acids is 12. The minimum atomic E-state index is -4.86. The molecule has 12 aromatic rings. The van der Waals surface area contributed by atoms with Crippen molar-refractivity contribution in [2.45, 2.75) is 116 Å². The van der Waals surface area contributed by atoms with Crippen molar-refractivity contribution in [1.29, 1.82) is 0 Å². The first-order valence-corrected chi connectivity index (χ1v) is 41.3. The summed E-state index contributed by atoms with van der Waals surface area (Å²) in [5.74, 6) is -8.89. The van der Waals surface area contributed by atoms with Gasteiger partial charge in [-0.05, 0) is 99.2 Å². The number of ether oxygens (including phenoxy) is 2. The van der Waals surface area contributed by atoms with Gasteiger partial charge in [-0.3, -0.25) is 76.3 Å². The highest BCUT2D eigenvalue weighted by atomic mass is 35.5. The quantitative estimate of drug-likeness (QED) is 0.0166. The third-order valence-corrected chi connectivity index (χ3v) is 20.8. The number of hydrogen-bond acceptors (Lipinski definition) is 19. The van der Waals surface area contributed by atoms with Crippen LogP contribution in [0.15, 0.2) is 176 Å². The van der Waals surface area contributed by atoms with E-state index >= 15 is 0 Å². The van der Waals surface area contributed by atoms with Crippen molar-refractivity contribution in [3.8, 4) is 11.5 Å². The number of halogens is 8. The summed E-state index contributed by atoms with van der Waals surface area (Å²) in [5.41, 5.74) is 24.6. The van der Waals surface area contributed by atoms with Gasteiger partial charge in [0, 0.05) is 82.8 Å². The van der Waals surface area contributed by atoms with E-state index in [1.807, 2.05) is 6.92 Å². The highest BCUT2D eigenvalue weighted by molar-refractivity contribution is 6.31. The molecule has 2 saturated carbocycles. The Kier molecular flexibility index (Phi) is 32.6. The van der Waals surface area contributed by atoms with Gasteiger partial charge in [-0.1, -0.05) is 146 Å². The van der Waals surface area contributed by atoms with Gasteiger partial charge < -0.3 is 78.8 Å². The smallest absolute Gasteiger partial charge is 0.494 e. The molecule has 2 aliphatic carbocycles. The third-order valence-electron chi connectivity index (χ3n) is 20.3. The number of nitrogens with zero attached hydrogens (tertiary/aromatic N) is 11. The SMILES string of the molecule is CCC[C@H](NC(=O)Cn1nc(C(N)=O)c2ccccc21)C(=O)NCc1cccc(Cl)c1F.COc1cccc(NC(=O)CN(C(=O)Cn2nc(C(N)=O)c3ccccc32)C2CC2)c1F.NC(=O)c1nn(CC(=O)N(CC(=O)Nc2cccc(OC(F)(F)F)c2)C2CC2)c2ccccc12.NC(=O)c1nn(CC(=O)N(CCCO)CC(=O)NCc2cccc(Cl)c2F)c2ccccc12. The molecule has 14 rings (SSSR count). The molecule has 2 fully saturated rings. The molecule has 35 nitrogen and oxygen atoms in total. The Morgan fingerprint density at radius 1 is 0.496 bits per heavy atom. The van der Waals surface area contributed by atoms with E-state index in [9.17, 15) is 89.0 Å². The number of rotatable bonds is 35. The molecule has 4 heterocycles. The molecule has 686 valence electrons. The van der Waals surface area contributed by atoms with E-state index < -0.39 is 101 Å². The van der Waals surface area contributed by atoms with Crippen LogP contribution < -0.4 is 59.0 Å². The van der Waals surface area contributed by atoms with E-state index in [2.05, 4.69) is 51.7 Å². The number of fused-ring (bicyclic) bond motifs is 4. The Morgan fingerprint density at radius 3 is 1.33 bits per heavy atom. The zero-order valence-electron chi connectivity index (χ0n) is 70.1. The molecule has 8 aromatic carbocycles. The largest absolute Gasteiger partial charge is 0.573 e. The number of hydrogen-bond donors (Lipinski definition) is 10. The summed E-state index contributed by atoms with van der Waals surface area (Å²) in [6, 6.07) is 44.8. The summed E-state index contributed by atoms with van der Waals surface area (Å²) < 4.78 is 93.9. The second kappa shape index (κ2) is 44.1. The van der Waals surface area contributed by atoms with E-state index in [1.54, 1.807) is 115 Å². The number of nitrogens with two attached hydrogens (primary N) is 4. The fraction of sp³-hybridized carbons (Fsp3) is 0.273. The van der Waals surface area contributed by atoms with E-state index in [4.69, 9.17) is 50.9 Å². The fourth-order valence-electron chi connectivity index (χ4n) is 13.8. The lowest BCUT2D eigenvalue weighted by Gasteiger charge is -2.22. The van der Waals surface area contributed by atoms with Gasteiger partial charge in [0.05, 0.1) is 51.5 Å².